The molecule has 0 aliphatic heterocycles. The van der Waals surface area contributed by atoms with Gasteiger partial charge in [0.1, 0.15) is 6.04 Å². The summed E-state index contributed by atoms with van der Waals surface area (Å²) in [5.74, 6) is -0.0647. The minimum absolute atomic E-state index is 0.364. The fourth-order valence-electron chi connectivity index (χ4n) is 1.85. The quantitative estimate of drug-likeness (QED) is 0.656. The van der Waals surface area contributed by atoms with Crippen LogP contribution in [0.3, 0.4) is 0 Å². The second kappa shape index (κ2) is 4.75. The monoisotopic (exact) mass is 200 g/mol. The van der Waals surface area contributed by atoms with Crippen molar-refractivity contribution in [3.05, 3.63) is 0 Å². The highest BCUT2D eigenvalue weighted by Crippen LogP contribution is 2.35. The molecule has 1 saturated carbocycles. The van der Waals surface area contributed by atoms with E-state index < -0.39 is 12.0 Å². The first-order valence-electron chi connectivity index (χ1n) is 5.22. The van der Waals surface area contributed by atoms with Crippen LogP contribution in [-0.4, -0.2) is 41.7 Å². The molecule has 0 aromatic rings. The lowest BCUT2D eigenvalue weighted by Crippen LogP contribution is -2.45. The van der Waals surface area contributed by atoms with Crippen LogP contribution < -0.4 is 5.73 Å². The summed E-state index contributed by atoms with van der Waals surface area (Å²) < 4.78 is 0. The molecule has 82 valence electrons. The Morgan fingerprint density at radius 2 is 2.21 bits per heavy atom. The Bertz CT molecular complexity index is 204. The summed E-state index contributed by atoms with van der Waals surface area (Å²) in [5, 5.41) is 9.03. The molecule has 14 heavy (non-hydrogen) atoms. The molecular formula is C10H20N2O2. The number of nitrogens with two attached hydrogens (primary N) is 1. The van der Waals surface area contributed by atoms with E-state index in [1.54, 1.807) is 0 Å². The van der Waals surface area contributed by atoms with Crippen molar-refractivity contribution >= 4 is 5.97 Å². The van der Waals surface area contributed by atoms with E-state index in [0.29, 0.717) is 24.9 Å². The Kier molecular flexibility index (Phi) is 3.89. The Morgan fingerprint density at radius 1 is 1.64 bits per heavy atom. The highest BCUT2D eigenvalue weighted by molar-refractivity contribution is 5.73. The molecule has 0 amide bonds. The zero-order valence-electron chi connectivity index (χ0n) is 8.94. The van der Waals surface area contributed by atoms with Crippen LogP contribution in [0.5, 0.6) is 0 Å². The number of hydrogen-bond donors (Lipinski definition) is 2. The maximum Gasteiger partial charge on any atom is 0.320 e. The average molecular weight is 200 g/mol. The van der Waals surface area contributed by atoms with Crippen molar-refractivity contribution in [3.63, 3.8) is 0 Å². The molecule has 4 nitrogen and oxygen atoms in total. The fraction of sp³-hybridized carbons (Fsp3) is 0.900. The lowest BCUT2D eigenvalue weighted by molar-refractivity contribution is -0.143. The topological polar surface area (TPSA) is 66.6 Å². The van der Waals surface area contributed by atoms with Crippen LogP contribution >= 0.6 is 0 Å². The van der Waals surface area contributed by atoms with E-state index in [1.807, 2.05) is 11.9 Å². The van der Waals surface area contributed by atoms with Gasteiger partial charge < -0.3 is 10.8 Å². The molecule has 0 aromatic heterocycles. The standard InChI is InChI=1S/C10H20N2O2/c1-7(8-3-4-8)12(2)9(5-6-11)10(13)14/h7-9H,3-6,11H2,1-2H3,(H,13,14). The van der Waals surface area contributed by atoms with Gasteiger partial charge in [0.2, 0.25) is 0 Å². The van der Waals surface area contributed by atoms with Crippen molar-refractivity contribution in [1.82, 2.24) is 4.90 Å². The van der Waals surface area contributed by atoms with Crippen molar-refractivity contribution in [2.75, 3.05) is 13.6 Å². The first kappa shape index (κ1) is 11.5. The van der Waals surface area contributed by atoms with Crippen LogP contribution in [0.4, 0.5) is 0 Å². The molecule has 2 unspecified atom stereocenters. The van der Waals surface area contributed by atoms with E-state index >= 15 is 0 Å². The molecule has 1 aliphatic rings. The van der Waals surface area contributed by atoms with Gasteiger partial charge in [-0.1, -0.05) is 0 Å². The average Bonchev–Trinajstić information content (AvgIpc) is 2.94. The maximum absolute atomic E-state index is 11.0. The predicted molar refractivity (Wildman–Crippen MR) is 55.0 cm³/mol. The Labute approximate surface area is 85.1 Å². The molecule has 0 aromatic carbocycles. The normalized spacial score (nSPS) is 20.9. The number of likely N-dealkylation sites (N-methyl/N-ethyl adjacent to an activating group) is 1. The van der Waals surface area contributed by atoms with Crippen LogP contribution in [0.25, 0.3) is 0 Å². The smallest absolute Gasteiger partial charge is 0.320 e. The SMILES string of the molecule is CC(C1CC1)N(C)C(CCN)C(=O)O. The van der Waals surface area contributed by atoms with Gasteiger partial charge in [0.05, 0.1) is 0 Å². The van der Waals surface area contributed by atoms with Gasteiger partial charge >= 0.3 is 5.97 Å². The molecule has 0 radical (unpaired) electrons. The number of nitrogens with zero attached hydrogens (tertiary/aromatic N) is 1. The van der Waals surface area contributed by atoms with Gasteiger partial charge in [-0.05, 0) is 45.7 Å². The van der Waals surface area contributed by atoms with Crippen molar-refractivity contribution < 1.29 is 9.90 Å². The van der Waals surface area contributed by atoms with Gasteiger partial charge in [-0.3, -0.25) is 9.69 Å². The number of rotatable bonds is 6. The second-order valence-corrected chi connectivity index (χ2v) is 4.17. The third-order valence-electron chi connectivity index (χ3n) is 3.16. The van der Waals surface area contributed by atoms with Gasteiger partial charge in [-0.2, -0.15) is 0 Å². The number of hydrogen-bond acceptors (Lipinski definition) is 3. The maximum atomic E-state index is 11.0. The zero-order chi connectivity index (χ0) is 10.7. The molecule has 0 saturated heterocycles. The van der Waals surface area contributed by atoms with Gasteiger partial charge in [-0.15, -0.1) is 0 Å². The lowest BCUT2D eigenvalue weighted by Gasteiger charge is -2.30. The number of carbonyl (C=O) groups is 1. The summed E-state index contributed by atoms with van der Waals surface area (Å²) >= 11 is 0. The molecule has 0 bridgehead atoms. The van der Waals surface area contributed by atoms with Gasteiger partial charge in [0, 0.05) is 6.04 Å². The summed E-state index contributed by atoms with van der Waals surface area (Å²) in [6.45, 7) is 2.53. The zero-order valence-corrected chi connectivity index (χ0v) is 8.94. The highest BCUT2D eigenvalue weighted by atomic mass is 16.4. The van der Waals surface area contributed by atoms with Crippen molar-refractivity contribution in [2.24, 2.45) is 11.7 Å². The predicted octanol–water partition coefficient (Wildman–Crippen LogP) is 0.519. The molecule has 2 atom stereocenters. The molecule has 3 N–H and O–H groups in total. The van der Waals surface area contributed by atoms with Crippen LogP contribution in [0, 0.1) is 5.92 Å². The van der Waals surface area contributed by atoms with E-state index in [-0.39, 0.29) is 0 Å². The largest absolute Gasteiger partial charge is 0.480 e. The molecule has 1 fully saturated rings. The first-order chi connectivity index (χ1) is 6.57. The molecular weight excluding hydrogens is 180 g/mol. The van der Waals surface area contributed by atoms with Crippen molar-refractivity contribution in [3.8, 4) is 0 Å². The highest BCUT2D eigenvalue weighted by Gasteiger charge is 2.35. The van der Waals surface area contributed by atoms with E-state index in [9.17, 15) is 4.79 Å². The Balaban J connectivity index is 2.51. The summed E-state index contributed by atoms with van der Waals surface area (Å²) in [6, 6.07) is -0.0572. The lowest BCUT2D eigenvalue weighted by atomic mass is 10.1. The first-order valence-corrected chi connectivity index (χ1v) is 5.22. The minimum atomic E-state index is -0.759. The van der Waals surface area contributed by atoms with Gasteiger partial charge in [0.25, 0.3) is 0 Å². The van der Waals surface area contributed by atoms with E-state index in [4.69, 9.17) is 10.8 Å². The van der Waals surface area contributed by atoms with Crippen LogP contribution in [-0.2, 0) is 4.79 Å². The van der Waals surface area contributed by atoms with Crippen molar-refractivity contribution in [1.29, 1.82) is 0 Å². The minimum Gasteiger partial charge on any atom is -0.480 e. The second-order valence-electron chi connectivity index (χ2n) is 4.17. The number of aliphatic carboxylic acids is 1. The Hall–Kier alpha value is -0.610. The van der Waals surface area contributed by atoms with Gasteiger partial charge in [0.15, 0.2) is 0 Å². The number of carboxylic acids is 1. The van der Waals surface area contributed by atoms with E-state index in [0.717, 1.165) is 0 Å². The summed E-state index contributed by atoms with van der Waals surface area (Å²) in [6.07, 6.45) is 3.00. The summed E-state index contributed by atoms with van der Waals surface area (Å²) in [7, 11) is 1.89. The van der Waals surface area contributed by atoms with Crippen LogP contribution in [0.1, 0.15) is 26.2 Å². The van der Waals surface area contributed by atoms with Crippen LogP contribution in [0.15, 0.2) is 0 Å². The van der Waals surface area contributed by atoms with E-state index in [1.165, 1.54) is 12.8 Å². The number of carboxylic acid groups (broad SMARTS) is 1. The fourth-order valence-corrected chi connectivity index (χ4v) is 1.85. The third kappa shape index (κ3) is 2.69. The summed E-state index contributed by atoms with van der Waals surface area (Å²) in [5.41, 5.74) is 5.41. The molecule has 1 rings (SSSR count). The third-order valence-corrected chi connectivity index (χ3v) is 3.16. The van der Waals surface area contributed by atoms with Gasteiger partial charge in [-0.25, -0.2) is 0 Å². The molecule has 4 heteroatoms. The Morgan fingerprint density at radius 3 is 2.57 bits per heavy atom. The molecule has 0 heterocycles. The molecule has 0 spiro atoms. The van der Waals surface area contributed by atoms with Crippen LogP contribution in [0.2, 0.25) is 0 Å². The summed E-state index contributed by atoms with van der Waals surface area (Å²) in [4.78, 5) is 12.9. The molecule has 1 aliphatic carbocycles. The van der Waals surface area contributed by atoms with E-state index in [2.05, 4.69) is 6.92 Å². The van der Waals surface area contributed by atoms with Crippen molar-refractivity contribution in [2.45, 2.75) is 38.3 Å².